The average Bonchev–Trinajstić information content (AvgIpc) is 2.02. The molecule has 0 aliphatic rings. The summed E-state index contributed by atoms with van der Waals surface area (Å²) in [7, 11) is -1.62. The standard InChI is InChI=1S/C9H14ClNSi/c1-12(2,10)11-8-9-6-4-3-5-7-9/h3-7,11H,8H2,1-2H3. The molecule has 0 amide bonds. The second-order valence-corrected chi connectivity index (χ2v) is 9.44. The first-order chi connectivity index (χ1) is 5.58. The first-order valence-electron chi connectivity index (χ1n) is 4.06. The van der Waals surface area contributed by atoms with E-state index >= 15 is 0 Å². The summed E-state index contributed by atoms with van der Waals surface area (Å²) in [6.07, 6.45) is 0. The molecule has 1 aromatic carbocycles. The van der Waals surface area contributed by atoms with Gasteiger partial charge in [0.25, 0.3) is 0 Å². The largest absolute Gasteiger partial charge is 0.322 e. The molecule has 3 heteroatoms. The molecule has 0 aromatic heterocycles. The summed E-state index contributed by atoms with van der Waals surface area (Å²) in [5, 5.41) is 0. The van der Waals surface area contributed by atoms with Crippen LogP contribution < -0.4 is 4.98 Å². The van der Waals surface area contributed by atoms with Crippen LogP contribution in [-0.2, 0) is 6.54 Å². The van der Waals surface area contributed by atoms with Crippen molar-refractivity contribution >= 4 is 18.6 Å². The van der Waals surface area contributed by atoms with Crippen LogP contribution in [0, 0.1) is 0 Å². The fourth-order valence-electron chi connectivity index (χ4n) is 0.908. The summed E-state index contributed by atoms with van der Waals surface area (Å²) in [6, 6.07) is 10.3. The monoisotopic (exact) mass is 199 g/mol. The van der Waals surface area contributed by atoms with E-state index in [4.69, 9.17) is 11.1 Å². The van der Waals surface area contributed by atoms with Crippen LogP contribution in [0.4, 0.5) is 0 Å². The molecule has 0 saturated carbocycles. The first-order valence-corrected chi connectivity index (χ1v) is 8.07. The maximum atomic E-state index is 6.11. The highest BCUT2D eigenvalue weighted by Crippen LogP contribution is 2.05. The van der Waals surface area contributed by atoms with Gasteiger partial charge in [0, 0.05) is 6.54 Å². The Bertz CT molecular complexity index is 230. The third-order valence-corrected chi connectivity index (χ3v) is 2.97. The minimum Gasteiger partial charge on any atom is -0.322 e. The van der Waals surface area contributed by atoms with Gasteiger partial charge in [0.2, 0.25) is 7.55 Å². The van der Waals surface area contributed by atoms with E-state index in [1.807, 2.05) is 18.2 Å². The lowest BCUT2D eigenvalue weighted by atomic mass is 10.2. The third-order valence-electron chi connectivity index (χ3n) is 1.56. The Balaban J connectivity index is 2.44. The van der Waals surface area contributed by atoms with Crippen molar-refractivity contribution in [2.75, 3.05) is 0 Å². The summed E-state index contributed by atoms with van der Waals surface area (Å²) in [6.45, 7) is 5.04. The van der Waals surface area contributed by atoms with Gasteiger partial charge in [0.05, 0.1) is 0 Å². The van der Waals surface area contributed by atoms with Gasteiger partial charge < -0.3 is 4.98 Å². The molecule has 0 spiro atoms. The van der Waals surface area contributed by atoms with Gasteiger partial charge in [0.15, 0.2) is 0 Å². The maximum Gasteiger partial charge on any atom is 0.220 e. The van der Waals surface area contributed by atoms with Gasteiger partial charge in [-0.3, -0.25) is 0 Å². The third kappa shape index (κ3) is 3.90. The first kappa shape index (κ1) is 9.77. The van der Waals surface area contributed by atoms with Crippen LogP contribution >= 0.6 is 11.1 Å². The smallest absolute Gasteiger partial charge is 0.220 e. The number of rotatable bonds is 3. The number of hydrogen-bond donors (Lipinski definition) is 1. The maximum absolute atomic E-state index is 6.11. The van der Waals surface area contributed by atoms with E-state index in [9.17, 15) is 0 Å². The zero-order chi connectivity index (χ0) is 9.03. The molecular weight excluding hydrogens is 186 g/mol. The molecule has 1 N–H and O–H groups in total. The van der Waals surface area contributed by atoms with Gasteiger partial charge >= 0.3 is 0 Å². The van der Waals surface area contributed by atoms with Gasteiger partial charge in [-0.15, -0.1) is 11.1 Å². The van der Waals surface area contributed by atoms with Crippen molar-refractivity contribution in [3.8, 4) is 0 Å². The number of hydrogen-bond acceptors (Lipinski definition) is 1. The van der Waals surface area contributed by atoms with Crippen molar-refractivity contribution in [1.29, 1.82) is 0 Å². The van der Waals surface area contributed by atoms with Crippen LogP contribution in [0.2, 0.25) is 13.1 Å². The molecule has 0 saturated heterocycles. The van der Waals surface area contributed by atoms with Crippen LogP contribution in [0.1, 0.15) is 5.56 Å². The van der Waals surface area contributed by atoms with Gasteiger partial charge in [-0.05, 0) is 18.7 Å². The number of nitrogens with one attached hydrogen (secondary N) is 1. The van der Waals surface area contributed by atoms with Gasteiger partial charge in [-0.2, -0.15) is 0 Å². The molecule has 0 radical (unpaired) electrons. The second kappa shape index (κ2) is 4.08. The van der Waals surface area contributed by atoms with Crippen LogP contribution in [0.5, 0.6) is 0 Å². The molecular formula is C9H14ClNSi. The Morgan fingerprint density at radius 2 is 1.83 bits per heavy atom. The van der Waals surface area contributed by atoms with Gasteiger partial charge in [-0.1, -0.05) is 30.3 Å². The van der Waals surface area contributed by atoms with E-state index < -0.39 is 7.55 Å². The van der Waals surface area contributed by atoms with Crippen molar-refractivity contribution < 1.29 is 0 Å². The highest BCUT2D eigenvalue weighted by molar-refractivity contribution is 7.17. The number of halogens is 1. The molecule has 1 aromatic rings. The van der Waals surface area contributed by atoms with E-state index in [2.05, 4.69) is 30.2 Å². The molecule has 12 heavy (non-hydrogen) atoms. The summed E-state index contributed by atoms with van der Waals surface area (Å²) >= 11 is 6.11. The normalized spacial score (nSPS) is 11.6. The molecule has 0 aliphatic heterocycles. The minimum absolute atomic E-state index is 0.879. The Labute approximate surface area is 79.5 Å². The Kier molecular flexibility index (Phi) is 3.32. The Morgan fingerprint density at radius 1 is 1.25 bits per heavy atom. The van der Waals surface area contributed by atoms with Crippen LogP contribution in [0.3, 0.4) is 0 Å². The summed E-state index contributed by atoms with van der Waals surface area (Å²) in [5.41, 5.74) is 1.29. The number of benzene rings is 1. The Morgan fingerprint density at radius 3 is 2.33 bits per heavy atom. The predicted octanol–water partition coefficient (Wildman–Crippen LogP) is 2.72. The van der Waals surface area contributed by atoms with Crippen molar-refractivity contribution in [2.45, 2.75) is 19.6 Å². The lowest BCUT2D eigenvalue weighted by molar-refractivity contribution is 0.929. The zero-order valence-electron chi connectivity index (χ0n) is 7.47. The highest BCUT2D eigenvalue weighted by atomic mass is 35.6. The summed E-state index contributed by atoms with van der Waals surface area (Å²) in [4.78, 5) is 3.34. The molecule has 0 atom stereocenters. The van der Waals surface area contributed by atoms with Crippen molar-refractivity contribution in [2.24, 2.45) is 0 Å². The van der Waals surface area contributed by atoms with Gasteiger partial charge in [-0.25, -0.2) is 0 Å². The molecule has 0 unspecified atom stereocenters. The second-order valence-electron chi connectivity index (χ2n) is 3.31. The average molecular weight is 200 g/mol. The van der Waals surface area contributed by atoms with Gasteiger partial charge in [0.1, 0.15) is 0 Å². The fraction of sp³-hybridized carbons (Fsp3) is 0.333. The molecule has 0 aliphatic carbocycles. The summed E-state index contributed by atoms with van der Waals surface area (Å²) < 4.78 is 0. The van der Waals surface area contributed by atoms with Crippen LogP contribution in [-0.4, -0.2) is 7.55 Å². The van der Waals surface area contributed by atoms with Crippen molar-refractivity contribution in [3.63, 3.8) is 0 Å². The molecule has 66 valence electrons. The molecule has 0 bridgehead atoms. The van der Waals surface area contributed by atoms with Crippen LogP contribution in [0.25, 0.3) is 0 Å². The van der Waals surface area contributed by atoms with Crippen molar-refractivity contribution in [3.05, 3.63) is 35.9 Å². The highest BCUT2D eigenvalue weighted by Gasteiger charge is 2.15. The Hall–Kier alpha value is -0.313. The van der Waals surface area contributed by atoms with E-state index in [0.717, 1.165) is 6.54 Å². The topological polar surface area (TPSA) is 12.0 Å². The van der Waals surface area contributed by atoms with E-state index in [-0.39, 0.29) is 0 Å². The van der Waals surface area contributed by atoms with Crippen molar-refractivity contribution in [1.82, 2.24) is 4.98 Å². The minimum atomic E-state index is -1.62. The SMILES string of the molecule is C[Si](C)(Cl)NCc1ccccc1. The molecule has 0 heterocycles. The van der Waals surface area contributed by atoms with E-state index in [1.54, 1.807) is 0 Å². The zero-order valence-corrected chi connectivity index (χ0v) is 9.23. The quantitative estimate of drug-likeness (QED) is 0.583. The predicted molar refractivity (Wildman–Crippen MR) is 56.6 cm³/mol. The van der Waals surface area contributed by atoms with E-state index in [1.165, 1.54) is 5.56 Å². The lowest BCUT2D eigenvalue weighted by Crippen LogP contribution is -2.38. The molecule has 0 fully saturated rings. The summed E-state index contributed by atoms with van der Waals surface area (Å²) in [5.74, 6) is 0. The fourth-order valence-corrected chi connectivity index (χ4v) is 1.73. The lowest BCUT2D eigenvalue weighted by Gasteiger charge is -2.14. The molecule has 1 nitrogen and oxygen atoms in total. The van der Waals surface area contributed by atoms with E-state index in [0.29, 0.717) is 0 Å². The van der Waals surface area contributed by atoms with Crippen LogP contribution in [0.15, 0.2) is 30.3 Å². The molecule has 1 rings (SSSR count).